The van der Waals surface area contributed by atoms with Gasteiger partial charge in [0, 0.05) is 18.6 Å². The van der Waals surface area contributed by atoms with Crippen molar-refractivity contribution in [3.8, 4) is 0 Å². The molecule has 0 radical (unpaired) electrons. The summed E-state index contributed by atoms with van der Waals surface area (Å²) in [6.45, 7) is 1.60. The van der Waals surface area contributed by atoms with Crippen molar-refractivity contribution in [3.05, 3.63) is 35.6 Å². The number of halogens is 1. The largest absolute Gasteiger partial charge is 0.329 e. The van der Waals surface area contributed by atoms with Gasteiger partial charge >= 0.3 is 0 Å². The summed E-state index contributed by atoms with van der Waals surface area (Å²) in [6.07, 6.45) is 5.31. The first kappa shape index (κ1) is 13.1. The minimum Gasteiger partial charge on any atom is -0.329 e. The summed E-state index contributed by atoms with van der Waals surface area (Å²) in [4.78, 5) is 2.42. The van der Waals surface area contributed by atoms with Gasteiger partial charge in [0.25, 0.3) is 0 Å². The van der Waals surface area contributed by atoms with Crippen LogP contribution in [0.25, 0.3) is 0 Å². The van der Waals surface area contributed by atoms with Gasteiger partial charge in [-0.3, -0.25) is 4.90 Å². The third-order valence-corrected chi connectivity index (χ3v) is 5.39. The van der Waals surface area contributed by atoms with E-state index in [0.717, 1.165) is 24.9 Å². The molecule has 0 aliphatic heterocycles. The van der Waals surface area contributed by atoms with Crippen molar-refractivity contribution in [2.75, 3.05) is 13.6 Å². The summed E-state index contributed by atoms with van der Waals surface area (Å²) < 4.78 is 13.0. The summed E-state index contributed by atoms with van der Waals surface area (Å²) in [5, 5.41) is 0. The SMILES string of the molecule is CN(Cc1ccc(F)cc1)C1(CN)CC2CCC1C2. The minimum atomic E-state index is -0.167. The van der Waals surface area contributed by atoms with Gasteiger partial charge in [0.15, 0.2) is 0 Å². The van der Waals surface area contributed by atoms with Gasteiger partial charge in [0.05, 0.1) is 0 Å². The summed E-state index contributed by atoms with van der Waals surface area (Å²) in [7, 11) is 2.18. The van der Waals surface area contributed by atoms with Crippen LogP contribution in [0.2, 0.25) is 0 Å². The van der Waals surface area contributed by atoms with Crippen molar-refractivity contribution < 1.29 is 4.39 Å². The second-order valence-corrected chi connectivity index (χ2v) is 6.37. The van der Waals surface area contributed by atoms with Crippen LogP contribution in [0.1, 0.15) is 31.2 Å². The molecule has 19 heavy (non-hydrogen) atoms. The van der Waals surface area contributed by atoms with Gasteiger partial charge in [0.1, 0.15) is 5.82 Å². The standard InChI is InChI=1S/C16H23FN2/c1-19(10-12-3-6-15(17)7-4-12)16(11-18)9-13-2-5-14(16)8-13/h3-4,6-7,13-14H,2,5,8-11,18H2,1H3. The second kappa shape index (κ2) is 4.88. The fourth-order valence-corrected chi connectivity index (χ4v) is 4.31. The molecule has 3 rings (SSSR count). The number of fused-ring (bicyclic) bond motifs is 2. The summed E-state index contributed by atoms with van der Waals surface area (Å²) in [5.41, 5.74) is 7.48. The van der Waals surface area contributed by atoms with Crippen LogP contribution in [0.4, 0.5) is 4.39 Å². The fraction of sp³-hybridized carbons (Fsp3) is 0.625. The average Bonchev–Trinajstić information content (AvgIpc) is 3.02. The Bertz CT molecular complexity index is 445. The molecule has 3 unspecified atom stereocenters. The zero-order valence-corrected chi connectivity index (χ0v) is 11.6. The molecule has 1 aromatic carbocycles. The molecule has 2 nitrogen and oxygen atoms in total. The molecule has 2 aliphatic rings. The van der Waals surface area contributed by atoms with E-state index in [-0.39, 0.29) is 11.4 Å². The highest BCUT2D eigenvalue weighted by Gasteiger charge is 2.52. The monoisotopic (exact) mass is 262 g/mol. The molecular weight excluding hydrogens is 239 g/mol. The lowest BCUT2D eigenvalue weighted by atomic mass is 9.79. The quantitative estimate of drug-likeness (QED) is 0.904. The first-order valence-electron chi connectivity index (χ1n) is 7.30. The van der Waals surface area contributed by atoms with Crippen LogP contribution < -0.4 is 5.73 Å². The zero-order chi connectivity index (χ0) is 13.5. The predicted molar refractivity (Wildman–Crippen MR) is 75.1 cm³/mol. The van der Waals surface area contributed by atoms with Gasteiger partial charge in [0.2, 0.25) is 0 Å². The van der Waals surface area contributed by atoms with Crippen molar-refractivity contribution >= 4 is 0 Å². The minimum absolute atomic E-state index is 0.167. The molecule has 0 spiro atoms. The first-order chi connectivity index (χ1) is 9.14. The summed E-state index contributed by atoms with van der Waals surface area (Å²) >= 11 is 0. The Morgan fingerprint density at radius 2 is 2.05 bits per heavy atom. The smallest absolute Gasteiger partial charge is 0.123 e. The van der Waals surface area contributed by atoms with E-state index in [1.807, 2.05) is 12.1 Å². The van der Waals surface area contributed by atoms with Crippen LogP contribution in [-0.2, 0) is 6.54 Å². The van der Waals surface area contributed by atoms with Crippen molar-refractivity contribution in [1.29, 1.82) is 0 Å². The van der Waals surface area contributed by atoms with Crippen molar-refractivity contribution in [2.45, 2.75) is 37.8 Å². The Balaban J connectivity index is 1.75. The van der Waals surface area contributed by atoms with Gasteiger partial charge in [-0.05, 0) is 55.8 Å². The number of rotatable bonds is 4. The Hall–Kier alpha value is -0.930. The number of nitrogens with zero attached hydrogens (tertiary/aromatic N) is 1. The Labute approximate surface area is 114 Å². The number of hydrogen-bond donors (Lipinski definition) is 1. The topological polar surface area (TPSA) is 29.3 Å². The molecule has 104 valence electrons. The molecule has 0 heterocycles. The molecule has 0 amide bonds. The molecule has 2 fully saturated rings. The summed E-state index contributed by atoms with van der Waals surface area (Å²) in [6, 6.07) is 6.84. The van der Waals surface area contributed by atoms with E-state index in [0.29, 0.717) is 0 Å². The number of benzene rings is 1. The zero-order valence-electron chi connectivity index (χ0n) is 11.6. The van der Waals surface area contributed by atoms with Gasteiger partial charge in [-0.2, -0.15) is 0 Å². The van der Waals surface area contributed by atoms with Crippen LogP contribution in [0.15, 0.2) is 24.3 Å². The van der Waals surface area contributed by atoms with Crippen LogP contribution in [0, 0.1) is 17.7 Å². The molecule has 0 saturated heterocycles. The number of likely N-dealkylation sites (N-methyl/N-ethyl adjacent to an activating group) is 1. The molecular formula is C16H23FN2. The predicted octanol–water partition coefficient (Wildman–Crippen LogP) is 2.78. The molecule has 1 aromatic rings. The van der Waals surface area contributed by atoms with E-state index in [2.05, 4.69) is 11.9 Å². The molecule has 2 N–H and O–H groups in total. The van der Waals surface area contributed by atoms with Gasteiger partial charge < -0.3 is 5.73 Å². The number of hydrogen-bond acceptors (Lipinski definition) is 2. The normalized spacial score (nSPS) is 33.3. The maximum absolute atomic E-state index is 13.0. The Morgan fingerprint density at radius 3 is 2.58 bits per heavy atom. The van der Waals surface area contributed by atoms with E-state index in [1.54, 1.807) is 12.1 Å². The van der Waals surface area contributed by atoms with E-state index in [1.165, 1.54) is 31.2 Å². The van der Waals surface area contributed by atoms with Crippen LogP contribution in [0.3, 0.4) is 0 Å². The van der Waals surface area contributed by atoms with Crippen LogP contribution >= 0.6 is 0 Å². The third-order valence-electron chi connectivity index (χ3n) is 5.39. The number of nitrogens with two attached hydrogens (primary N) is 1. The van der Waals surface area contributed by atoms with E-state index in [9.17, 15) is 4.39 Å². The van der Waals surface area contributed by atoms with E-state index in [4.69, 9.17) is 5.73 Å². The van der Waals surface area contributed by atoms with Gasteiger partial charge in [-0.25, -0.2) is 4.39 Å². The molecule has 2 saturated carbocycles. The Kier molecular flexibility index (Phi) is 3.35. The first-order valence-corrected chi connectivity index (χ1v) is 7.30. The van der Waals surface area contributed by atoms with Crippen LogP contribution in [0.5, 0.6) is 0 Å². The summed E-state index contributed by atoms with van der Waals surface area (Å²) in [5.74, 6) is 1.47. The lowest BCUT2D eigenvalue weighted by Crippen LogP contribution is -2.55. The maximum atomic E-state index is 13.0. The van der Waals surface area contributed by atoms with Gasteiger partial charge in [-0.15, -0.1) is 0 Å². The van der Waals surface area contributed by atoms with E-state index < -0.39 is 0 Å². The third kappa shape index (κ3) is 2.19. The molecule has 2 aliphatic carbocycles. The lowest BCUT2D eigenvalue weighted by molar-refractivity contribution is 0.0591. The van der Waals surface area contributed by atoms with Crippen LogP contribution in [-0.4, -0.2) is 24.0 Å². The lowest BCUT2D eigenvalue weighted by Gasteiger charge is -2.44. The van der Waals surface area contributed by atoms with Crippen molar-refractivity contribution in [1.82, 2.24) is 4.90 Å². The Morgan fingerprint density at radius 1 is 1.32 bits per heavy atom. The second-order valence-electron chi connectivity index (χ2n) is 6.37. The average molecular weight is 262 g/mol. The molecule has 3 heteroatoms. The van der Waals surface area contributed by atoms with Crippen molar-refractivity contribution in [2.24, 2.45) is 17.6 Å². The highest BCUT2D eigenvalue weighted by atomic mass is 19.1. The highest BCUT2D eigenvalue weighted by molar-refractivity contribution is 5.17. The molecule has 2 bridgehead atoms. The van der Waals surface area contributed by atoms with Gasteiger partial charge in [-0.1, -0.05) is 18.6 Å². The van der Waals surface area contributed by atoms with Crippen molar-refractivity contribution in [3.63, 3.8) is 0 Å². The molecule has 3 atom stereocenters. The van der Waals surface area contributed by atoms with E-state index >= 15 is 0 Å². The fourth-order valence-electron chi connectivity index (χ4n) is 4.31. The highest BCUT2D eigenvalue weighted by Crippen LogP contribution is 2.52. The molecule has 0 aromatic heterocycles. The maximum Gasteiger partial charge on any atom is 0.123 e.